The van der Waals surface area contributed by atoms with Gasteiger partial charge < -0.3 is 9.67 Å². The van der Waals surface area contributed by atoms with Crippen molar-refractivity contribution in [3.63, 3.8) is 0 Å². The molecule has 20 heavy (non-hydrogen) atoms. The van der Waals surface area contributed by atoms with E-state index in [0.29, 0.717) is 12.3 Å². The highest BCUT2D eigenvalue weighted by molar-refractivity contribution is 7.89. The largest absolute Gasteiger partial charge is 0.477 e. The van der Waals surface area contributed by atoms with E-state index in [1.807, 2.05) is 0 Å². The Morgan fingerprint density at radius 1 is 1.45 bits per heavy atom. The van der Waals surface area contributed by atoms with Crippen molar-refractivity contribution >= 4 is 26.8 Å². The van der Waals surface area contributed by atoms with E-state index in [-0.39, 0.29) is 22.9 Å². The molecule has 1 heterocycles. The molecule has 1 rings (SSSR count). The summed E-state index contributed by atoms with van der Waals surface area (Å²) >= 11 is 0. The fourth-order valence-corrected chi connectivity index (χ4v) is 3.41. The van der Waals surface area contributed by atoms with Crippen LogP contribution >= 0.6 is 0 Å². The lowest BCUT2D eigenvalue weighted by molar-refractivity contribution is 0.0685. The number of carbonyl (C=O) groups is 1. The average Bonchev–Trinajstić information content (AvgIpc) is 2.83. The van der Waals surface area contributed by atoms with Gasteiger partial charge in [0.15, 0.2) is 0 Å². The summed E-state index contributed by atoms with van der Waals surface area (Å²) < 4.78 is 38.9. The molecule has 114 valence electrons. The number of sulfonamides is 1. The van der Waals surface area contributed by atoms with Crippen LogP contribution in [0.25, 0.3) is 0 Å². The molecule has 1 unspecified atom stereocenters. The molecular weight excluding hydrogens is 304 g/mol. The number of carboxylic acid groups (broad SMARTS) is 1. The molecule has 9 heteroatoms. The van der Waals surface area contributed by atoms with Gasteiger partial charge in [-0.15, -0.1) is 0 Å². The Labute approximate surface area is 120 Å². The van der Waals surface area contributed by atoms with E-state index in [1.165, 1.54) is 10.8 Å². The van der Waals surface area contributed by atoms with E-state index >= 15 is 0 Å². The zero-order chi connectivity index (χ0) is 15.3. The highest BCUT2D eigenvalue weighted by Crippen LogP contribution is 2.14. The van der Waals surface area contributed by atoms with Crippen molar-refractivity contribution in [3.8, 4) is 0 Å². The van der Waals surface area contributed by atoms with Crippen molar-refractivity contribution in [1.29, 1.82) is 0 Å². The van der Waals surface area contributed by atoms with Gasteiger partial charge in [-0.25, -0.2) is 17.9 Å². The fourth-order valence-electron chi connectivity index (χ4n) is 1.59. The number of nitrogens with one attached hydrogen (secondary N) is 1. The summed E-state index contributed by atoms with van der Waals surface area (Å²) in [5, 5.41) is 8.98. The number of aromatic carboxylic acids is 1. The first-order chi connectivity index (χ1) is 9.31. The maximum absolute atomic E-state index is 12.0. The van der Waals surface area contributed by atoms with Crippen molar-refractivity contribution < 1.29 is 22.5 Å². The van der Waals surface area contributed by atoms with Gasteiger partial charge in [0, 0.05) is 41.6 Å². The van der Waals surface area contributed by atoms with Crippen molar-refractivity contribution in [2.75, 3.05) is 18.1 Å². The molecule has 2 N–H and O–H groups in total. The SMILES string of the molecule is CCn1cc(S(=O)(=O)NCCS(=O)CC)cc1C(=O)O. The summed E-state index contributed by atoms with van der Waals surface area (Å²) in [4.78, 5) is 10.9. The predicted molar refractivity (Wildman–Crippen MR) is 75.8 cm³/mol. The van der Waals surface area contributed by atoms with E-state index in [2.05, 4.69) is 4.72 Å². The lowest BCUT2D eigenvalue weighted by atomic mass is 10.4. The zero-order valence-corrected chi connectivity index (χ0v) is 13.0. The number of aromatic nitrogens is 1. The van der Waals surface area contributed by atoms with Gasteiger partial charge in [-0.3, -0.25) is 4.21 Å². The minimum absolute atomic E-state index is 0.0580. The van der Waals surface area contributed by atoms with Crippen LogP contribution in [-0.2, 0) is 27.4 Å². The number of carboxylic acids is 1. The third-order valence-corrected chi connectivity index (χ3v) is 5.42. The van der Waals surface area contributed by atoms with Crippen LogP contribution in [0.3, 0.4) is 0 Å². The summed E-state index contributed by atoms with van der Waals surface area (Å²) in [6.07, 6.45) is 1.28. The van der Waals surface area contributed by atoms with Crippen LogP contribution in [0, 0.1) is 0 Å². The number of hydrogen-bond acceptors (Lipinski definition) is 4. The molecule has 0 aromatic carbocycles. The first-order valence-corrected chi connectivity index (χ1v) is 9.07. The van der Waals surface area contributed by atoms with Gasteiger partial charge in [-0.1, -0.05) is 6.92 Å². The van der Waals surface area contributed by atoms with Crippen molar-refractivity contribution in [3.05, 3.63) is 18.0 Å². The molecule has 1 aromatic rings. The van der Waals surface area contributed by atoms with E-state index in [4.69, 9.17) is 5.11 Å². The third-order valence-electron chi connectivity index (χ3n) is 2.69. The molecule has 0 bridgehead atoms. The summed E-state index contributed by atoms with van der Waals surface area (Å²) in [7, 11) is -4.83. The molecule has 0 fully saturated rings. The second-order valence-electron chi connectivity index (χ2n) is 3.98. The zero-order valence-electron chi connectivity index (χ0n) is 11.3. The number of hydrogen-bond donors (Lipinski definition) is 2. The van der Waals surface area contributed by atoms with E-state index in [9.17, 15) is 17.4 Å². The van der Waals surface area contributed by atoms with Crippen molar-refractivity contribution in [1.82, 2.24) is 9.29 Å². The summed E-state index contributed by atoms with van der Waals surface area (Å²) in [5.41, 5.74) is -0.0787. The van der Waals surface area contributed by atoms with Gasteiger partial charge >= 0.3 is 5.97 Å². The Morgan fingerprint density at radius 3 is 2.55 bits per heavy atom. The van der Waals surface area contributed by atoms with E-state index in [0.717, 1.165) is 6.07 Å². The van der Waals surface area contributed by atoms with Gasteiger partial charge in [0.1, 0.15) is 10.6 Å². The van der Waals surface area contributed by atoms with Gasteiger partial charge in [0.2, 0.25) is 10.0 Å². The third kappa shape index (κ3) is 4.15. The molecule has 1 atom stereocenters. The molecule has 0 aliphatic rings. The fraction of sp³-hybridized carbons (Fsp3) is 0.545. The Morgan fingerprint density at radius 2 is 2.10 bits per heavy atom. The van der Waals surface area contributed by atoms with Gasteiger partial charge in [0.25, 0.3) is 0 Å². The maximum atomic E-state index is 12.0. The molecule has 0 amide bonds. The highest BCUT2D eigenvalue weighted by Gasteiger charge is 2.20. The minimum Gasteiger partial charge on any atom is -0.477 e. The smallest absolute Gasteiger partial charge is 0.352 e. The standard InChI is InChI=1S/C11H18N2O5S2/c1-3-13-8-9(7-10(13)11(14)15)20(17,18)12-5-6-19(16)4-2/h7-8,12H,3-6H2,1-2H3,(H,14,15). The van der Waals surface area contributed by atoms with Gasteiger partial charge in [-0.05, 0) is 13.0 Å². The van der Waals surface area contributed by atoms with Crippen LogP contribution in [0.15, 0.2) is 17.2 Å². The molecule has 0 saturated carbocycles. The highest BCUT2D eigenvalue weighted by atomic mass is 32.2. The van der Waals surface area contributed by atoms with E-state index in [1.54, 1.807) is 13.8 Å². The summed E-state index contributed by atoms with van der Waals surface area (Å²) in [6, 6.07) is 1.12. The first kappa shape index (κ1) is 16.9. The van der Waals surface area contributed by atoms with Crippen LogP contribution in [0.4, 0.5) is 0 Å². The quantitative estimate of drug-likeness (QED) is 0.714. The van der Waals surface area contributed by atoms with Crippen LogP contribution in [-0.4, -0.2) is 46.3 Å². The lowest BCUT2D eigenvalue weighted by Gasteiger charge is -2.04. The molecule has 0 aliphatic heterocycles. The van der Waals surface area contributed by atoms with Crippen LogP contribution in [0.1, 0.15) is 24.3 Å². The van der Waals surface area contributed by atoms with Gasteiger partial charge in [0.05, 0.1) is 0 Å². The molecule has 0 aliphatic carbocycles. The Kier molecular flexibility index (Phi) is 5.90. The lowest BCUT2D eigenvalue weighted by Crippen LogP contribution is -2.28. The Bertz CT molecular complexity index is 606. The molecule has 0 radical (unpaired) electrons. The Hall–Kier alpha value is -1.19. The second kappa shape index (κ2) is 7.00. The molecule has 7 nitrogen and oxygen atoms in total. The summed E-state index contributed by atoms with van der Waals surface area (Å²) in [6.45, 7) is 3.89. The average molecular weight is 322 g/mol. The van der Waals surface area contributed by atoms with Crippen molar-refractivity contribution in [2.45, 2.75) is 25.3 Å². The Balaban J connectivity index is 2.87. The van der Waals surface area contributed by atoms with Crippen LogP contribution < -0.4 is 4.72 Å². The minimum atomic E-state index is -3.78. The molecule has 0 spiro atoms. The first-order valence-electron chi connectivity index (χ1n) is 6.10. The topological polar surface area (TPSA) is 105 Å². The number of nitrogens with zero attached hydrogens (tertiary/aromatic N) is 1. The molecule has 1 aromatic heterocycles. The van der Waals surface area contributed by atoms with Crippen LogP contribution in [0.5, 0.6) is 0 Å². The second-order valence-corrected chi connectivity index (χ2v) is 7.61. The van der Waals surface area contributed by atoms with Crippen LogP contribution in [0.2, 0.25) is 0 Å². The normalized spacial score (nSPS) is 13.3. The molecule has 0 saturated heterocycles. The maximum Gasteiger partial charge on any atom is 0.352 e. The van der Waals surface area contributed by atoms with Gasteiger partial charge in [-0.2, -0.15) is 0 Å². The monoisotopic (exact) mass is 322 g/mol. The van der Waals surface area contributed by atoms with Crippen molar-refractivity contribution in [2.24, 2.45) is 0 Å². The van der Waals surface area contributed by atoms with E-state index < -0.39 is 26.8 Å². The number of rotatable bonds is 8. The molecular formula is C11H18N2O5S2. The predicted octanol–water partition coefficient (Wildman–Crippen LogP) is 0.253. The summed E-state index contributed by atoms with van der Waals surface area (Å²) in [5.74, 6) is -0.479. The number of aryl methyl sites for hydroxylation is 1.